The van der Waals surface area contributed by atoms with Gasteiger partial charge < -0.3 is 15.1 Å². The van der Waals surface area contributed by atoms with Gasteiger partial charge in [-0.15, -0.1) is 0 Å². The van der Waals surface area contributed by atoms with Crippen molar-refractivity contribution in [2.45, 2.75) is 20.3 Å². The minimum atomic E-state index is -0.168. The van der Waals surface area contributed by atoms with E-state index < -0.39 is 0 Å². The highest BCUT2D eigenvalue weighted by molar-refractivity contribution is 7.80. The van der Waals surface area contributed by atoms with Crippen molar-refractivity contribution < 1.29 is 9.21 Å². The molecule has 4 rings (SSSR count). The van der Waals surface area contributed by atoms with Crippen LogP contribution >= 0.6 is 12.2 Å². The molecule has 0 saturated heterocycles. The van der Waals surface area contributed by atoms with Crippen LogP contribution in [0.15, 0.2) is 71.1 Å². The Morgan fingerprint density at radius 3 is 2.63 bits per heavy atom. The van der Waals surface area contributed by atoms with Crippen molar-refractivity contribution in [3.05, 3.63) is 83.4 Å². The SMILES string of the molecule is Cc1cccc(-c2nc3cc(NC(=S)NC(=O)Cc4ccccc4)ccc3o2)c1C. The molecule has 3 aromatic carbocycles. The predicted octanol–water partition coefficient (Wildman–Crippen LogP) is 5.17. The molecule has 150 valence electrons. The molecular weight excluding hydrogens is 394 g/mol. The number of aryl methyl sites for hydroxylation is 1. The second-order valence-corrected chi connectivity index (χ2v) is 7.52. The number of hydrogen-bond donors (Lipinski definition) is 2. The first-order valence-corrected chi connectivity index (χ1v) is 10.0. The molecule has 1 amide bonds. The molecule has 1 aromatic heterocycles. The average Bonchev–Trinajstić information content (AvgIpc) is 3.13. The van der Waals surface area contributed by atoms with Crippen molar-refractivity contribution in [3.8, 4) is 11.5 Å². The van der Waals surface area contributed by atoms with Gasteiger partial charge in [-0.25, -0.2) is 4.98 Å². The Hall–Kier alpha value is -3.51. The van der Waals surface area contributed by atoms with Crippen LogP contribution in [0, 0.1) is 13.8 Å². The number of nitrogens with zero attached hydrogens (tertiary/aromatic N) is 1. The number of anilines is 1. The smallest absolute Gasteiger partial charge is 0.230 e. The molecule has 0 aliphatic heterocycles. The van der Waals surface area contributed by atoms with E-state index in [1.807, 2.05) is 60.7 Å². The fraction of sp³-hybridized carbons (Fsp3) is 0.125. The summed E-state index contributed by atoms with van der Waals surface area (Å²) in [7, 11) is 0. The maximum absolute atomic E-state index is 12.2. The normalized spacial score (nSPS) is 10.7. The number of oxazole rings is 1. The van der Waals surface area contributed by atoms with E-state index in [0.29, 0.717) is 17.0 Å². The van der Waals surface area contributed by atoms with Crippen LogP contribution in [0.25, 0.3) is 22.6 Å². The molecule has 2 N–H and O–H groups in total. The molecule has 6 heteroatoms. The van der Waals surface area contributed by atoms with Gasteiger partial charge in [0.1, 0.15) is 5.52 Å². The monoisotopic (exact) mass is 415 g/mol. The van der Waals surface area contributed by atoms with Crippen molar-refractivity contribution in [2.24, 2.45) is 0 Å². The summed E-state index contributed by atoms with van der Waals surface area (Å²) in [5, 5.41) is 5.99. The second kappa shape index (κ2) is 8.47. The van der Waals surface area contributed by atoms with Crippen LogP contribution in [-0.4, -0.2) is 16.0 Å². The van der Waals surface area contributed by atoms with Crippen LogP contribution < -0.4 is 10.6 Å². The van der Waals surface area contributed by atoms with E-state index in [0.717, 1.165) is 22.4 Å². The Balaban J connectivity index is 1.46. The van der Waals surface area contributed by atoms with Crippen LogP contribution in [-0.2, 0) is 11.2 Å². The number of aromatic nitrogens is 1. The van der Waals surface area contributed by atoms with Gasteiger partial charge in [0.05, 0.1) is 6.42 Å². The number of nitrogens with one attached hydrogen (secondary N) is 2. The fourth-order valence-corrected chi connectivity index (χ4v) is 3.45. The van der Waals surface area contributed by atoms with Crippen LogP contribution in [0.5, 0.6) is 0 Å². The van der Waals surface area contributed by atoms with Crippen molar-refractivity contribution in [2.75, 3.05) is 5.32 Å². The highest BCUT2D eigenvalue weighted by Gasteiger charge is 2.13. The number of rotatable bonds is 4. The zero-order chi connectivity index (χ0) is 21.1. The molecule has 0 spiro atoms. The van der Waals surface area contributed by atoms with E-state index in [4.69, 9.17) is 16.6 Å². The van der Waals surface area contributed by atoms with E-state index in [1.54, 1.807) is 0 Å². The molecule has 5 nitrogen and oxygen atoms in total. The molecule has 0 unspecified atom stereocenters. The molecule has 0 bridgehead atoms. The Bertz CT molecular complexity index is 1230. The van der Waals surface area contributed by atoms with Crippen molar-refractivity contribution in [3.63, 3.8) is 0 Å². The number of thiocarbonyl (C=S) groups is 1. The van der Waals surface area contributed by atoms with E-state index in [9.17, 15) is 4.79 Å². The standard InChI is InChI=1S/C24H21N3O2S/c1-15-7-6-10-19(16(15)2)23-26-20-14-18(11-12-21(20)29-23)25-24(30)27-22(28)13-17-8-4-3-5-9-17/h3-12,14H,13H2,1-2H3,(H2,25,27,28,30). The number of fused-ring (bicyclic) bond motifs is 1. The lowest BCUT2D eigenvalue weighted by molar-refractivity contribution is -0.119. The lowest BCUT2D eigenvalue weighted by atomic mass is 10.0. The summed E-state index contributed by atoms with van der Waals surface area (Å²) in [6, 6.07) is 21.1. The van der Waals surface area contributed by atoms with Crippen molar-refractivity contribution >= 4 is 40.0 Å². The van der Waals surface area contributed by atoms with E-state index >= 15 is 0 Å². The van der Waals surface area contributed by atoms with Gasteiger partial charge in [-0.2, -0.15) is 0 Å². The van der Waals surface area contributed by atoms with E-state index in [1.165, 1.54) is 5.56 Å². The molecule has 0 aliphatic rings. The Morgan fingerprint density at radius 2 is 1.83 bits per heavy atom. The van der Waals surface area contributed by atoms with Gasteiger partial charge in [0, 0.05) is 11.3 Å². The Labute approximate surface area is 180 Å². The first kappa shape index (κ1) is 19.8. The predicted molar refractivity (Wildman–Crippen MR) is 123 cm³/mol. The Morgan fingerprint density at radius 1 is 1.03 bits per heavy atom. The quantitative estimate of drug-likeness (QED) is 0.450. The maximum atomic E-state index is 12.2. The van der Waals surface area contributed by atoms with Crippen LogP contribution in [0.3, 0.4) is 0 Å². The number of amides is 1. The van der Waals surface area contributed by atoms with Gasteiger partial charge in [0.25, 0.3) is 0 Å². The number of hydrogen-bond acceptors (Lipinski definition) is 4. The molecule has 0 saturated carbocycles. The molecule has 0 radical (unpaired) electrons. The summed E-state index contributed by atoms with van der Waals surface area (Å²) in [6.45, 7) is 4.12. The first-order chi connectivity index (χ1) is 14.5. The van der Waals surface area contributed by atoms with Crippen LogP contribution in [0.1, 0.15) is 16.7 Å². The van der Waals surface area contributed by atoms with E-state index in [2.05, 4.69) is 35.5 Å². The van der Waals surface area contributed by atoms with Crippen LogP contribution in [0.4, 0.5) is 5.69 Å². The average molecular weight is 416 g/mol. The largest absolute Gasteiger partial charge is 0.436 e. The van der Waals surface area contributed by atoms with Gasteiger partial charge in [0.2, 0.25) is 11.8 Å². The molecule has 0 atom stereocenters. The summed E-state index contributed by atoms with van der Waals surface area (Å²) < 4.78 is 5.94. The minimum Gasteiger partial charge on any atom is -0.436 e. The van der Waals surface area contributed by atoms with Gasteiger partial charge >= 0.3 is 0 Å². The highest BCUT2D eigenvalue weighted by Crippen LogP contribution is 2.29. The third-order valence-corrected chi connectivity index (χ3v) is 5.15. The van der Waals surface area contributed by atoms with Crippen molar-refractivity contribution in [1.29, 1.82) is 0 Å². The zero-order valence-corrected chi connectivity index (χ0v) is 17.5. The molecule has 4 aromatic rings. The molecular formula is C24H21N3O2S. The summed E-state index contributed by atoms with van der Waals surface area (Å²) in [6.07, 6.45) is 0.268. The number of carbonyl (C=O) groups is 1. The summed E-state index contributed by atoms with van der Waals surface area (Å²) >= 11 is 5.28. The molecule has 0 fully saturated rings. The van der Waals surface area contributed by atoms with Crippen LogP contribution in [0.2, 0.25) is 0 Å². The number of carbonyl (C=O) groups excluding carboxylic acids is 1. The Kier molecular flexibility index (Phi) is 5.59. The van der Waals surface area contributed by atoms with Gasteiger partial charge in [-0.05, 0) is 67.0 Å². The van der Waals surface area contributed by atoms with E-state index in [-0.39, 0.29) is 17.4 Å². The third-order valence-electron chi connectivity index (χ3n) is 4.94. The first-order valence-electron chi connectivity index (χ1n) is 9.61. The topological polar surface area (TPSA) is 67.2 Å². The zero-order valence-electron chi connectivity index (χ0n) is 16.7. The van der Waals surface area contributed by atoms with Gasteiger partial charge in [-0.1, -0.05) is 42.5 Å². The highest BCUT2D eigenvalue weighted by atomic mass is 32.1. The molecule has 0 aliphatic carbocycles. The second-order valence-electron chi connectivity index (χ2n) is 7.11. The van der Waals surface area contributed by atoms with Crippen molar-refractivity contribution in [1.82, 2.24) is 10.3 Å². The summed E-state index contributed by atoms with van der Waals surface area (Å²) in [4.78, 5) is 16.8. The number of benzene rings is 3. The lowest BCUT2D eigenvalue weighted by Crippen LogP contribution is -2.35. The van der Waals surface area contributed by atoms with Gasteiger partial charge in [0.15, 0.2) is 10.7 Å². The maximum Gasteiger partial charge on any atom is 0.230 e. The fourth-order valence-electron chi connectivity index (χ4n) is 3.22. The van der Waals surface area contributed by atoms with Gasteiger partial charge in [-0.3, -0.25) is 4.79 Å². The summed E-state index contributed by atoms with van der Waals surface area (Å²) in [5.74, 6) is 0.417. The summed E-state index contributed by atoms with van der Waals surface area (Å²) in [5.41, 5.74) is 6.38. The lowest BCUT2D eigenvalue weighted by Gasteiger charge is -2.09. The molecule has 1 heterocycles. The molecule has 30 heavy (non-hydrogen) atoms. The minimum absolute atomic E-state index is 0.168. The third kappa shape index (κ3) is 4.39.